The van der Waals surface area contributed by atoms with Crippen LogP contribution in [0.3, 0.4) is 0 Å². The average molecular weight is 241 g/mol. The van der Waals surface area contributed by atoms with E-state index in [4.69, 9.17) is 0 Å². The molecule has 1 N–H and O–H groups in total. The van der Waals surface area contributed by atoms with Gasteiger partial charge in [0.05, 0.1) is 0 Å². The van der Waals surface area contributed by atoms with Gasteiger partial charge in [0.15, 0.2) is 0 Å². The Hall–Kier alpha value is -0.120. The molecule has 1 aliphatic rings. The van der Waals surface area contributed by atoms with Gasteiger partial charge in [-0.15, -0.1) is 0 Å². The van der Waals surface area contributed by atoms with Crippen molar-refractivity contribution >= 4 is 0 Å². The van der Waals surface area contributed by atoms with Crippen LogP contribution < -0.4 is 5.32 Å². The Kier molecular flexibility index (Phi) is 7.09. The molecule has 0 bridgehead atoms. The molecular weight excluding hydrogens is 210 g/mol. The first kappa shape index (κ1) is 14.9. The predicted molar refractivity (Wildman–Crippen MR) is 75.5 cm³/mol. The van der Waals surface area contributed by atoms with Gasteiger partial charge in [0, 0.05) is 38.8 Å². The van der Waals surface area contributed by atoms with Crippen molar-refractivity contribution in [2.45, 2.75) is 39.7 Å². The van der Waals surface area contributed by atoms with Crippen molar-refractivity contribution < 1.29 is 0 Å². The van der Waals surface area contributed by atoms with Crippen molar-refractivity contribution in [3.8, 4) is 0 Å². The predicted octanol–water partition coefficient (Wildman–Crippen LogP) is 1.65. The highest BCUT2D eigenvalue weighted by molar-refractivity contribution is 4.76. The van der Waals surface area contributed by atoms with Gasteiger partial charge >= 0.3 is 0 Å². The third-order valence-electron chi connectivity index (χ3n) is 3.78. The summed E-state index contributed by atoms with van der Waals surface area (Å²) in [5.41, 5.74) is 0. The summed E-state index contributed by atoms with van der Waals surface area (Å²) in [6.45, 7) is 14.1. The largest absolute Gasteiger partial charge is 0.315 e. The third kappa shape index (κ3) is 6.39. The first-order chi connectivity index (χ1) is 8.09. The molecule has 0 aromatic carbocycles. The van der Waals surface area contributed by atoms with Gasteiger partial charge in [-0.1, -0.05) is 13.8 Å². The summed E-state index contributed by atoms with van der Waals surface area (Å²) in [6.07, 6.45) is 2.66. The quantitative estimate of drug-likeness (QED) is 0.684. The first-order valence-corrected chi connectivity index (χ1v) is 7.23. The van der Waals surface area contributed by atoms with Gasteiger partial charge in [0.2, 0.25) is 0 Å². The minimum atomic E-state index is 0.713. The molecule has 3 heteroatoms. The van der Waals surface area contributed by atoms with E-state index in [1.165, 1.54) is 45.6 Å². The Balaban J connectivity index is 1.96. The lowest BCUT2D eigenvalue weighted by atomic mass is 10.1. The van der Waals surface area contributed by atoms with Gasteiger partial charge in [-0.25, -0.2) is 0 Å². The summed E-state index contributed by atoms with van der Waals surface area (Å²) in [5, 5.41) is 3.56. The van der Waals surface area contributed by atoms with Gasteiger partial charge in [0.1, 0.15) is 0 Å². The van der Waals surface area contributed by atoms with E-state index in [9.17, 15) is 0 Å². The monoisotopic (exact) mass is 241 g/mol. The molecule has 1 unspecified atom stereocenters. The minimum absolute atomic E-state index is 0.713. The minimum Gasteiger partial charge on any atom is -0.315 e. The van der Waals surface area contributed by atoms with Gasteiger partial charge in [-0.2, -0.15) is 0 Å². The number of rotatable bonds is 7. The zero-order valence-corrected chi connectivity index (χ0v) is 12.2. The van der Waals surface area contributed by atoms with Crippen LogP contribution in [-0.4, -0.2) is 62.2 Å². The highest BCUT2D eigenvalue weighted by Crippen LogP contribution is 2.06. The Labute approximate surface area is 108 Å². The van der Waals surface area contributed by atoms with E-state index in [0.717, 1.165) is 12.5 Å². The van der Waals surface area contributed by atoms with E-state index in [0.29, 0.717) is 6.04 Å². The second-order valence-electron chi connectivity index (χ2n) is 5.92. The Morgan fingerprint density at radius 2 is 2.00 bits per heavy atom. The van der Waals surface area contributed by atoms with Crippen LogP contribution in [0.5, 0.6) is 0 Å². The molecule has 1 atom stereocenters. The first-order valence-electron chi connectivity index (χ1n) is 7.23. The van der Waals surface area contributed by atoms with Crippen LogP contribution in [0.2, 0.25) is 0 Å². The van der Waals surface area contributed by atoms with E-state index < -0.39 is 0 Å². The third-order valence-corrected chi connectivity index (χ3v) is 3.78. The van der Waals surface area contributed by atoms with Crippen molar-refractivity contribution in [2.24, 2.45) is 5.92 Å². The summed E-state index contributed by atoms with van der Waals surface area (Å²) < 4.78 is 0. The molecule has 0 amide bonds. The van der Waals surface area contributed by atoms with E-state index in [2.05, 4.69) is 42.9 Å². The molecule has 0 radical (unpaired) electrons. The Bertz CT molecular complexity index is 194. The number of piperazine rings is 1. The highest BCUT2D eigenvalue weighted by atomic mass is 15.3. The molecule has 17 heavy (non-hydrogen) atoms. The van der Waals surface area contributed by atoms with Crippen molar-refractivity contribution in [1.82, 2.24) is 15.1 Å². The fourth-order valence-corrected chi connectivity index (χ4v) is 2.32. The van der Waals surface area contributed by atoms with Crippen LogP contribution in [0.4, 0.5) is 0 Å². The maximum Gasteiger partial charge on any atom is 0.0192 e. The van der Waals surface area contributed by atoms with E-state index in [1.807, 2.05) is 0 Å². The van der Waals surface area contributed by atoms with Crippen LogP contribution >= 0.6 is 0 Å². The Morgan fingerprint density at radius 1 is 1.24 bits per heavy atom. The van der Waals surface area contributed by atoms with Crippen LogP contribution in [-0.2, 0) is 0 Å². The standard InChI is InChI=1S/C14H31N3/c1-13(2)6-5-7-15-8-9-17-11-10-16(4)14(3)12-17/h13-15H,5-12H2,1-4H3. The zero-order chi connectivity index (χ0) is 12.7. The number of nitrogens with one attached hydrogen (secondary N) is 1. The average Bonchev–Trinajstić information content (AvgIpc) is 2.27. The van der Waals surface area contributed by atoms with E-state index in [1.54, 1.807) is 0 Å². The van der Waals surface area contributed by atoms with Crippen molar-refractivity contribution in [2.75, 3.05) is 46.3 Å². The van der Waals surface area contributed by atoms with Gasteiger partial charge in [0.25, 0.3) is 0 Å². The van der Waals surface area contributed by atoms with Gasteiger partial charge in [-0.05, 0) is 39.3 Å². The molecule has 1 saturated heterocycles. The lowest BCUT2D eigenvalue weighted by molar-refractivity contribution is 0.106. The molecule has 1 rings (SSSR count). The number of hydrogen-bond acceptors (Lipinski definition) is 3. The fraction of sp³-hybridized carbons (Fsp3) is 1.00. The molecule has 0 saturated carbocycles. The van der Waals surface area contributed by atoms with Crippen LogP contribution in [0.1, 0.15) is 33.6 Å². The molecule has 0 aromatic rings. The van der Waals surface area contributed by atoms with Crippen molar-refractivity contribution in [3.05, 3.63) is 0 Å². The maximum atomic E-state index is 3.56. The van der Waals surface area contributed by atoms with Gasteiger partial charge < -0.3 is 10.2 Å². The van der Waals surface area contributed by atoms with E-state index in [-0.39, 0.29) is 0 Å². The van der Waals surface area contributed by atoms with Crippen LogP contribution in [0, 0.1) is 5.92 Å². The second kappa shape index (κ2) is 8.06. The number of nitrogens with zero attached hydrogens (tertiary/aromatic N) is 2. The van der Waals surface area contributed by atoms with Crippen LogP contribution in [0.25, 0.3) is 0 Å². The molecule has 1 heterocycles. The molecule has 102 valence electrons. The molecular formula is C14H31N3. The molecule has 0 spiro atoms. The fourth-order valence-electron chi connectivity index (χ4n) is 2.32. The molecule has 0 aliphatic carbocycles. The normalized spacial score (nSPS) is 23.5. The maximum absolute atomic E-state index is 3.56. The SMILES string of the molecule is CC(C)CCCNCCN1CCN(C)C(C)C1. The zero-order valence-electron chi connectivity index (χ0n) is 12.2. The second-order valence-corrected chi connectivity index (χ2v) is 5.92. The number of hydrogen-bond donors (Lipinski definition) is 1. The van der Waals surface area contributed by atoms with Crippen molar-refractivity contribution in [3.63, 3.8) is 0 Å². The lowest BCUT2D eigenvalue weighted by Crippen LogP contribution is -2.51. The number of likely N-dealkylation sites (N-methyl/N-ethyl adjacent to an activating group) is 1. The summed E-state index contributed by atoms with van der Waals surface area (Å²) in [7, 11) is 2.23. The summed E-state index contributed by atoms with van der Waals surface area (Å²) in [6, 6.07) is 0.713. The highest BCUT2D eigenvalue weighted by Gasteiger charge is 2.19. The lowest BCUT2D eigenvalue weighted by Gasteiger charge is -2.37. The van der Waals surface area contributed by atoms with E-state index >= 15 is 0 Å². The van der Waals surface area contributed by atoms with Gasteiger partial charge in [-0.3, -0.25) is 4.90 Å². The topological polar surface area (TPSA) is 18.5 Å². The van der Waals surface area contributed by atoms with Crippen LogP contribution in [0.15, 0.2) is 0 Å². The molecule has 3 nitrogen and oxygen atoms in total. The smallest absolute Gasteiger partial charge is 0.0192 e. The molecule has 1 fully saturated rings. The summed E-state index contributed by atoms with van der Waals surface area (Å²) in [4.78, 5) is 5.03. The Morgan fingerprint density at radius 3 is 2.65 bits per heavy atom. The molecule has 1 aliphatic heterocycles. The summed E-state index contributed by atoms with van der Waals surface area (Å²) in [5.74, 6) is 0.843. The summed E-state index contributed by atoms with van der Waals surface area (Å²) >= 11 is 0. The van der Waals surface area contributed by atoms with Crippen molar-refractivity contribution in [1.29, 1.82) is 0 Å². The molecule has 0 aromatic heterocycles.